The van der Waals surface area contributed by atoms with Gasteiger partial charge in [0.15, 0.2) is 0 Å². The van der Waals surface area contributed by atoms with E-state index in [1.807, 2.05) is 17.7 Å². The maximum Gasteiger partial charge on any atom is 0.573 e. The van der Waals surface area contributed by atoms with E-state index in [-0.39, 0.29) is 24.1 Å². The predicted molar refractivity (Wildman–Crippen MR) is 81.2 cm³/mol. The van der Waals surface area contributed by atoms with Crippen molar-refractivity contribution in [3.8, 4) is 11.8 Å². The monoisotopic (exact) mass is 355 g/mol. The van der Waals surface area contributed by atoms with E-state index in [9.17, 15) is 18.0 Å². The van der Waals surface area contributed by atoms with Gasteiger partial charge in [0.2, 0.25) is 5.91 Å². The largest absolute Gasteiger partial charge is 0.573 e. The summed E-state index contributed by atoms with van der Waals surface area (Å²) in [6, 6.07) is 5.55. The fourth-order valence-electron chi connectivity index (χ4n) is 2.60. The molecule has 1 aromatic carbocycles. The van der Waals surface area contributed by atoms with Gasteiger partial charge in [-0.1, -0.05) is 12.1 Å². The van der Waals surface area contributed by atoms with Crippen molar-refractivity contribution in [3.63, 3.8) is 0 Å². The lowest BCUT2D eigenvalue weighted by molar-refractivity contribution is -0.274. The summed E-state index contributed by atoms with van der Waals surface area (Å²) >= 11 is 0. The molecule has 134 valence electrons. The smallest absolute Gasteiger partial charge is 0.462 e. The molecule has 2 heterocycles. The Labute approximate surface area is 141 Å². The number of aromatic nitrogens is 2. The predicted octanol–water partition coefficient (Wildman–Crippen LogP) is 2.21. The van der Waals surface area contributed by atoms with Crippen LogP contribution in [0.5, 0.6) is 11.8 Å². The second kappa shape index (κ2) is 6.66. The molecule has 0 spiro atoms. The summed E-state index contributed by atoms with van der Waals surface area (Å²) < 4.78 is 47.4. The summed E-state index contributed by atoms with van der Waals surface area (Å²) in [5, 5.41) is 2.85. The third-order valence-corrected chi connectivity index (χ3v) is 3.58. The number of amides is 1. The van der Waals surface area contributed by atoms with Crippen molar-refractivity contribution in [2.24, 2.45) is 0 Å². The van der Waals surface area contributed by atoms with Gasteiger partial charge in [-0.15, -0.1) is 13.2 Å². The third-order valence-electron chi connectivity index (χ3n) is 3.58. The lowest BCUT2D eigenvalue weighted by Gasteiger charge is -2.24. The van der Waals surface area contributed by atoms with Gasteiger partial charge in [0.1, 0.15) is 12.4 Å². The first-order valence-corrected chi connectivity index (χ1v) is 7.59. The van der Waals surface area contributed by atoms with Crippen LogP contribution in [0.2, 0.25) is 0 Å². The van der Waals surface area contributed by atoms with Crippen molar-refractivity contribution in [1.82, 2.24) is 14.9 Å². The van der Waals surface area contributed by atoms with Crippen LogP contribution in [0.3, 0.4) is 0 Å². The summed E-state index contributed by atoms with van der Waals surface area (Å²) in [6.45, 7) is 2.73. The Morgan fingerprint density at radius 2 is 2.12 bits per heavy atom. The maximum absolute atomic E-state index is 12.1. The van der Waals surface area contributed by atoms with Crippen LogP contribution in [0.25, 0.3) is 0 Å². The number of carbonyl (C=O) groups is 1. The first-order chi connectivity index (χ1) is 11.8. The number of hydrogen-bond acceptors (Lipinski definition) is 4. The number of rotatable bonds is 4. The van der Waals surface area contributed by atoms with Gasteiger partial charge in [-0.05, 0) is 24.6 Å². The molecule has 1 aliphatic heterocycles. The first-order valence-electron chi connectivity index (χ1n) is 7.59. The number of nitrogens with one attached hydrogen (secondary N) is 1. The number of aryl methyl sites for hydroxylation is 1. The van der Waals surface area contributed by atoms with E-state index in [1.54, 1.807) is 0 Å². The van der Waals surface area contributed by atoms with Gasteiger partial charge < -0.3 is 14.8 Å². The van der Waals surface area contributed by atoms with Crippen LogP contribution in [-0.4, -0.2) is 34.5 Å². The average Bonchev–Trinajstić information content (AvgIpc) is 2.87. The summed E-state index contributed by atoms with van der Waals surface area (Å²) in [5.74, 6) is -0.557. The highest BCUT2D eigenvalue weighted by Crippen LogP contribution is 2.23. The molecule has 0 saturated carbocycles. The highest BCUT2D eigenvalue weighted by atomic mass is 19.4. The van der Waals surface area contributed by atoms with Crippen LogP contribution in [0.15, 0.2) is 30.5 Å². The highest BCUT2D eigenvalue weighted by Gasteiger charge is 2.31. The lowest BCUT2D eigenvalue weighted by atomic mass is 10.1. The SMILES string of the molecule is Cc1cn2c(n1)OCC(NC(=O)Cc1ccc(OC(F)(F)F)cc1)C2. The summed E-state index contributed by atoms with van der Waals surface area (Å²) in [6.07, 6.45) is -2.84. The molecular weight excluding hydrogens is 339 g/mol. The molecule has 9 heteroatoms. The maximum atomic E-state index is 12.1. The van der Waals surface area contributed by atoms with E-state index in [0.29, 0.717) is 24.7 Å². The van der Waals surface area contributed by atoms with Crippen molar-refractivity contribution < 1.29 is 27.4 Å². The van der Waals surface area contributed by atoms with Gasteiger partial charge >= 0.3 is 6.36 Å². The summed E-state index contributed by atoms with van der Waals surface area (Å²) in [5.41, 5.74) is 1.42. The summed E-state index contributed by atoms with van der Waals surface area (Å²) in [4.78, 5) is 16.3. The second-order valence-electron chi connectivity index (χ2n) is 5.76. The zero-order valence-electron chi connectivity index (χ0n) is 13.3. The minimum absolute atomic E-state index is 0.0542. The van der Waals surface area contributed by atoms with Gasteiger partial charge in [0.25, 0.3) is 6.01 Å². The number of halogens is 3. The van der Waals surface area contributed by atoms with Crippen molar-refractivity contribution in [1.29, 1.82) is 0 Å². The van der Waals surface area contributed by atoms with E-state index in [4.69, 9.17) is 4.74 Å². The molecule has 6 nitrogen and oxygen atoms in total. The van der Waals surface area contributed by atoms with Gasteiger partial charge in [-0.25, -0.2) is 4.98 Å². The molecule has 1 amide bonds. The van der Waals surface area contributed by atoms with Crippen LogP contribution < -0.4 is 14.8 Å². The molecule has 1 N–H and O–H groups in total. The Morgan fingerprint density at radius 3 is 2.80 bits per heavy atom. The van der Waals surface area contributed by atoms with Gasteiger partial charge in [0.05, 0.1) is 24.7 Å². The van der Waals surface area contributed by atoms with Crippen molar-refractivity contribution >= 4 is 5.91 Å². The number of imidazole rings is 1. The van der Waals surface area contributed by atoms with Crippen molar-refractivity contribution in [3.05, 3.63) is 41.7 Å². The molecule has 1 atom stereocenters. The minimum atomic E-state index is -4.73. The standard InChI is InChI=1S/C16H16F3N3O3/c1-10-7-22-8-12(9-24-15(22)20-10)21-14(23)6-11-2-4-13(5-3-11)25-16(17,18)19/h2-5,7,12H,6,8-9H2,1H3,(H,21,23). The fourth-order valence-corrected chi connectivity index (χ4v) is 2.60. The molecule has 3 rings (SSSR count). The Kier molecular flexibility index (Phi) is 4.56. The zero-order chi connectivity index (χ0) is 18.0. The Hall–Kier alpha value is -2.71. The first kappa shape index (κ1) is 17.1. The molecule has 1 unspecified atom stereocenters. The number of carbonyl (C=O) groups excluding carboxylic acids is 1. The normalized spacial score (nSPS) is 16.7. The van der Waals surface area contributed by atoms with E-state index in [0.717, 1.165) is 5.69 Å². The molecular formula is C16H16F3N3O3. The quantitative estimate of drug-likeness (QED) is 0.913. The Morgan fingerprint density at radius 1 is 1.40 bits per heavy atom. The zero-order valence-corrected chi connectivity index (χ0v) is 13.3. The van der Waals surface area contributed by atoms with Crippen LogP contribution in [-0.2, 0) is 17.8 Å². The van der Waals surface area contributed by atoms with Crippen LogP contribution in [0, 0.1) is 6.92 Å². The molecule has 0 aliphatic carbocycles. The van der Waals surface area contributed by atoms with Gasteiger partial charge in [0, 0.05) is 6.20 Å². The van der Waals surface area contributed by atoms with Gasteiger partial charge in [-0.2, -0.15) is 0 Å². The second-order valence-corrected chi connectivity index (χ2v) is 5.76. The molecule has 1 aliphatic rings. The van der Waals surface area contributed by atoms with Crippen LogP contribution in [0.4, 0.5) is 13.2 Å². The fraction of sp³-hybridized carbons (Fsp3) is 0.375. The van der Waals surface area contributed by atoms with Crippen molar-refractivity contribution in [2.75, 3.05) is 6.61 Å². The number of ether oxygens (including phenoxy) is 2. The van der Waals surface area contributed by atoms with E-state index in [2.05, 4.69) is 15.0 Å². The topological polar surface area (TPSA) is 65.4 Å². The molecule has 0 saturated heterocycles. The van der Waals surface area contributed by atoms with E-state index >= 15 is 0 Å². The third kappa shape index (κ3) is 4.65. The van der Waals surface area contributed by atoms with Crippen molar-refractivity contribution in [2.45, 2.75) is 32.3 Å². The average molecular weight is 355 g/mol. The molecule has 0 fully saturated rings. The number of nitrogens with zero attached hydrogens (tertiary/aromatic N) is 2. The molecule has 2 aromatic rings. The van der Waals surface area contributed by atoms with E-state index in [1.165, 1.54) is 24.3 Å². The Bertz CT molecular complexity index is 756. The molecule has 25 heavy (non-hydrogen) atoms. The molecule has 1 aromatic heterocycles. The van der Waals surface area contributed by atoms with E-state index < -0.39 is 6.36 Å². The number of hydrogen-bond donors (Lipinski definition) is 1. The Balaban J connectivity index is 1.53. The van der Waals surface area contributed by atoms with Crippen LogP contribution >= 0.6 is 0 Å². The van der Waals surface area contributed by atoms with Gasteiger partial charge in [-0.3, -0.25) is 9.36 Å². The number of fused-ring (bicyclic) bond motifs is 1. The highest BCUT2D eigenvalue weighted by molar-refractivity contribution is 5.78. The lowest BCUT2D eigenvalue weighted by Crippen LogP contribution is -2.45. The molecule has 0 bridgehead atoms. The number of alkyl halides is 3. The van der Waals surface area contributed by atoms with Crippen LogP contribution in [0.1, 0.15) is 11.3 Å². The number of benzene rings is 1. The molecule has 0 radical (unpaired) electrons. The minimum Gasteiger partial charge on any atom is -0.462 e. The summed E-state index contributed by atoms with van der Waals surface area (Å²) in [7, 11) is 0.